The van der Waals surface area contributed by atoms with Gasteiger partial charge in [-0.2, -0.15) is 0 Å². The third-order valence-electron chi connectivity index (χ3n) is 6.10. The minimum Gasteiger partial charge on any atom is -0.480 e. The third-order valence-corrected chi connectivity index (χ3v) is 6.94. The molecule has 180 valence electrons. The SMILES string of the molecule is Cc1ccc2c(c1)c1nnc(SCC(=O)Nc3ccccc3N3CCCCC3)nc1n2CC(=O)O. The van der Waals surface area contributed by atoms with Gasteiger partial charge in [0.2, 0.25) is 11.1 Å². The van der Waals surface area contributed by atoms with Crippen LogP contribution >= 0.6 is 11.8 Å². The summed E-state index contributed by atoms with van der Waals surface area (Å²) in [5, 5.41) is 22.1. The van der Waals surface area contributed by atoms with Crippen molar-refractivity contribution in [2.45, 2.75) is 37.9 Å². The Labute approximate surface area is 206 Å². The van der Waals surface area contributed by atoms with Gasteiger partial charge in [-0.1, -0.05) is 35.5 Å². The number of hydrogen-bond donors (Lipinski definition) is 2. The number of thioether (sulfide) groups is 1. The number of aryl methyl sites for hydroxylation is 1. The molecule has 35 heavy (non-hydrogen) atoms. The molecular weight excluding hydrogens is 464 g/mol. The van der Waals surface area contributed by atoms with Crippen LogP contribution in [0, 0.1) is 6.92 Å². The molecule has 5 rings (SSSR count). The predicted octanol–water partition coefficient (Wildman–Crippen LogP) is 4.09. The largest absolute Gasteiger partial charge is 0.480 e. The van der Waals surface area contributed by atoms with Gasteiger partial charge in [0.05, 0.1) is 22.6 Å². The normalized spacial score (nSPS) is 13.9. The fourth-order valence-electron chi connectivity index (χ4n) is 4.52. The average Bonchev–Trinajstić information content (AvgIpc) is 3.15. The van der Waals surface area contributed by atoms with Crippen LogP contribution in [-0.4, -0.2) is 55.6 Å². The first-order valence-electron chi connectivity index (χ1n) is 11.6. The molecule has 0 saturated carbocycles. The Kier molecular flexibility index (Phi) is 6.54. The molecule has 4 aromatic rings. The number of rotatable bonds is 7. The van der Waals surface area contributed by atoms with Gasteiger partial charge in [0.25, 0.3) is 0 Å². The Balaban J connectivity index is 1.35. The summed E-state index contributed by atoms with van der Waals surface area (Å²) >= 11 is 1.17. The number of nitrogens with zero attached hydrogens (tertiary/aromatic N) is 5. The highest BCUT2D eigenvalue weighted by Gasteiger charge is 2.19. The maximum atomic E-state index is 12.8. The van der Waals surface area contributed by atoms with Crippen LogP contribution in [0.2, 0.25) is 0 Å². The molecule has 0 aliphatic carbocycles. The third kappa shape index (κ3) is 4.93. The number of carboxylic acid groups (broad SMARTS) is 1. The van der Waals surface area contributed by atoms with Gasteiger partial charge in [-0.3, -0.25) is 9.59 Å². The van der Waals surface area contributed by atoms with Gasteiger partial charge < -0.3 is 19.9 Å². The van der Waals surface area contributed by atoms with Gasteiger partial charge in [-0.05, 0) is 50.5 Å². The van der Waals surface area contributed by atoms with E-state index in [2.05, 4.69) is 25.4 Å². The number of aliphatic carboxylic acids is 1. The van der Waals surface area contributed by atoms with Crippen LogP contribution in [0.5, 0.6) is 0 Å². The minimum absolute atomic E-state index is 0.111. The minimum atomic E-state index is -0.969. The molecule has 1 fully saturated rings. The molecule has 0 bridgehead atoms. The molecule has 1 saturated heterocycles. The van der Waals surface area contributed by atoms with Crippen LogP contribution < -0.4 is 10.2 Å². The Morgan fingerprint density at radius 1 is 1.09 bits per heavy atom. The van der Waals surface area contributed by atoms with Crippen molar-refractivity contribution in [3.8, 4) is 0 Å². The van der Waals surface area contributed by atoms with Gasteiger partial charge in [0.1, 0.15) is 12.1 Å². The summed E-state index contributed by atoms with van der Waals surface area (Å²) in [6, 6.07) is 13.6. The van der Waals surface area contributed by atoms with Crippen molar-refractivity contribution >= 4 is 57.1 Å². The lowest BCUT2D eigenvalue weighted by molar-refractivity contribution is -0.137. The van der Waals surface area contributed by atoms with E-state index < -0.39 is 5.97 Å². The highest BCUT2D eigenvalue weighted by molar-refractivity contribution is 7.99. The zero-order valence-electron chi connectivity index (χ0n) is 19.4. The fourth-order valence-corrected chi connectivity index (χ4v) is 5.10. The maximum absolute atomic E-state index is 12.8. The second kappa shape index (κ2) is 9.91. The van der Waals surface area contributed by atoms with Gasteiger partial charge in [-0.25, -0.2) is 4.98 Å². The number of carbonyl (C=O) groups excluding carboxylic acids is 1. The molecule has 0 unspecified atom stereocenters. The lowest BCUT2D eigenvalue weighted by Crippen LogP contribution is -2.30. The summed E-state index contributed by atoms with van der Waals surface area (Å²) in [5.74, 6) is -1.02. The summed E-state index contributed by atoms with van der Waals surface area (Å²) in [6.45, 7) is 3.71. The van der Waals surface area contributed by atoms with E-state index in [9.17, 15) is 14.7 Å². The molecule has 10 heteroatoms. The zero-order valence-corrected chi connectivity index (χ0v) is 20.2. The Hall–Kier alpha value is -3.66. The van der Waals surface area contributed by atoms with Crippen LogP contribution in [0.3, 0.4) is 0 Å². The van der Waals surface area contributed by atoms with E-state index in [1.807, 2.05) is 49.4 Å². The topological polar surface area (TPSA) is 113 Å². The van der Waals surface area contributed by atoms with Crippen molar-refractivity contribution in [3.05, 3.63) is 48.0 Å². The Morgan fingerprint density at radius 2 is 1.89 bits per heavy atom. The number of piperidine rings is 1. The molecule has 2 aromatic heterocycles. The molecule has 1 amide bonds. The lowest BCUT2D eigenvalue weighted by Gasteiger charge is -2.30. The molecule has 1 aliphatic rings. The number of amides is 1. The molecule has 2 aromatic carbocycles. The van der Waals surface area contributed by atoms with E-state index in [-0.39, 0.29) is 18.2 Å². The number of anilines is 2. The Bertz CT molecular complexity index is 1410. The number of carboxylic acids is 1. The van der Waals surface area contributed by atoms with Gasteiger partial charge in [0, 0.05) is 18.5 Å². The van der Waals surface area contributed by atoms with E-state index in [4.69, 9.17) is 0 Å². The van der Waals surface area contributed by atoms with Gasteiger partial charge >= 0.3 is 5.97 Å². The molecule has 9 nitrogen and oxygen atoms in total. The predicted molar refractivity (Wildman–Crippen MR) is 137 cm³/mol. The fraction of sp³-hybridized carbons (Fsp3) is 0.320. The van der Waals surface area contributed by atoms with E-state index >= 15 is 0 Å². The first-order chi connectivity index (χ1) is 17.0. The van der Waals surface area contributed by atoms with Crippen LogP contribution in [0.4, 0.5) is 11.4 Å². The smallest absolute Gasteiger partial charge is 0.323 e. The number of carbonyl (C=O) groups is 2. The quantitative estimate of drug-likeness (QED) is 0.373. The number of para-hydroxylation sites is 2. The molecular formula is C25H26N6O3S. The zero-order chi connectivity index (χ0) is 24.4. The summed E-state index contributed by atoms with van der Waals surface area (Å²) in [7, 11) is 0. The summed E-state index contributed by atoms with van der Waals surface area (Å²) in [5.41, 5.74) is 4.61. The van der Waals surface area contributed by atoms with Crippen molar-refractivity contribution in [2.75, 3.05) is 29.1 Å². The highest BCUT2D eigenvalue weighted by Crippen LogP contribution is 2.30. The van der Waals surface area contributed by atoms with Crippen molar-refractivity contribution in [3.63, 3.8) is 0 Å². The highest BCUT2D eigenvalue weighted by atomic mass is 32.2. The van der Waals surface area contributed by atoms with Crippen LogP contribution in [0.15, 0.2) is 47.6 Å². The maximum Gasteiger partial charge on any atom is 0.323 e. The molecule has 0 atom stereocenters. The molecule has 0 radical (unpaired) electrons. The van der Waals surface area contributed by atoms with Crippen LogP contribution in [0.1, 0.15) is 24.8 Å². The standard InChI is InChI=1S/C25H26N6O3S/c1-16-9-10-19-17(13-16)23-24(31(19)14-22(33)34)27-25(29-28-23)35-15-21(32)26-18-7-3-4-8-20(18)30-11-5-2-6-12-30/h3-4,7-10,13H,2,5-6,11-12,14-15H2,1H3,(H,26,32)(H,33,34). The van der Waals surface area contributed by atoms with Crippen LogP contribution in [0.25, 0.3) is 22.1 Å². The average molecular weight is 491 g/mol. The second-order valence-electron chi connectivity index (χ2n) is 8.67. The van der Waals surface area contributed by atoms with E-state index in [1.165, 1.54) is 18.2 Å². The van der Waals surface area contributed by atoms with E-state index in [1.54, 1.807) is 4.57 Å². The first kappa shape index (κ1) is 23.1. The van der Waals surface area contributed by atoms with Crippen molar-refractivity contribution < 1.29 is 14.7 Å². The number of fused-ring (bicyclic) bond motifs is 3. The molecule has 1 aliphatic heterocycles. The number of hydrogen-bond acceptors (Lipinski definition) is 7. The second-order valence-corrected chi connectivity index (χ2v) is 9.61. The number of nitrogens with one attached hydrogen (secondary N) is 1. The van der Waals surface area contributed by atoms with Gasteiger partial charge in [-0.15, -0.1) is 10.2 Å². The number of aromatic nitrogens is 4. The van der Waals surface area contributed by atoms with Crippen molar-refractivity contribution in [1.82, 2.24) is 19.7 Å². The molecule has 0 spiro atoms. The molecule has 2 N–H and O–H groups in total. The summed E-state index contributed by atoms with van der Waals surface area (Å²) in [4.78, 5) is 31.1. The Morgan fingerprint density at radius 3 is 2.69 bits per heavy atom. The monoisotopic (exact) mass is 490 g/mol. The molecule has 3 heterocycles. The summed E-state index contributed by atoms with van der Waals surface area (Å²) in [6.07, 6.45) is 3.55. The van der Waals surface area contributed by atoms with Gasteiger partial charge in [0.15, 0.2) is 5.65 Å². The lowest BCUT2D eigenvalue weighted by atomic mass is 10.1. The van der Waals surface area contributed by atoms with Crippen LogP contribution in [-0.2, 0) is 16.1 Å². The van der Waals surface area contributed by atoms with Crippen molar-refractivity contribution in [1.29, 1.82) is 0 Å². The van der Waals surface area contributed by atoms with Crippen molar-refractivity contribution in [2.24, 2.45) is 0 Å². The van der Waals surface area contributed by atoms with E-state index in [0.717, 1.165) is 53.8 Å². The first-order valence-corrected chi connectivity index (χ1v) is 12.6. The van der Waals surface area contributed by atoms with E-state index in [0.29, 0.717) is 16.3 Å². The number of benzene rings is 2. The summed E-state index contributed by atoms with van der Waals surface area (Å²) < 4.78 is 1.63.